The summed E-state index contributed by atoms with van der Waals surface area (Å²) in [6, 6.07) is 5.99. The summed E-state index contributed by atoms with van der Waals surface area (Å²) < 4.78 is 1.89. The lowest BCUT2D eigenvalue weighted by Gasteiger charge is -2.12. The fourth-order valence-corrected chi connectivity index (χ4v) is 2.04. The molecule has 1 amide bonds. The van der Waals surface area contributed by atoms with Crippen LogP contribution in [0.2, 0.25) is 0 Å². The summed E-state index contributed by atoms with van der Waals surface area (Å²) in [5.41, 5.74) is 2.98. The van der Waals surface area contributed by atoms with Gasteiger partial charge in [-0.15, -0.1) is 11.6 Å². The van der Waals surface area contributed by atoms with Crippen molar-refractivity contribution in [2.45, 2.75) is 19.3 Å². The number of carbonyl (C=O) groups is 1. The van der Waals surface area contributed by atoms with Gasteiger partial charge in [-0.05, 0) is 24.6 Å². The Bertz CT molecular complexity index is 589. The van der Waals surface area contributed by atoms with Crippen LogP contribution in [-0.4, -0.2) is 34.5 Å². The topological polar surface area (TPSA) is 38.1 Å². The summed E-state index contributed by atoms with van der Waals surface area (Å²) in [7, 11) is 3.49. The fourth-order valence-electron chi connectivity index (χ4n) is 1.84. The monoisotopic (exact) mass is 265 g/mol. The van der Waals surface area contributed by atoms with Crippen LogP contribution < -0.4 is 0 Å². The molecule has 0 N–H and O–H groups in total. The normalized spacial score (nSPS) is 10.9. The molecule has 0 aliphatic heterocycles. The van der Waals surface area contributed by atoms with Gasteiger partial charge in [-0.25, -0.2) is 4.98 Å². The molecule has 0 aliphatic rings. The largest absolute Gasteiger partial charge is 0.347 e. The predicted molar refractivity (Wildman–Crippen MR) is 72.7 cm³/mol. The molecule has 1 aromatic carbocycles. The highest BCUT2D eigenvalue weighted by atomic mass is 35.5. The first-order valence-corrected chi connectivity index (χ1v) is 6.28. The van der Waals surface area contributed by atoms with E-state index in [0.717, 1.165) is 22.4 Å². The van der Waals surface area contributed by atoms with Gasteiger partial charge in [-0.3, -0.25) is 4.79 Å². The number of hydrogen-bond donors (Lipinski definition) is 0. The van der Waals surface area contributed by atoms with E-state index in [4.69, 9.17) is 11.6 Å². The number of fused-ring (bicyclic) bond motifs is 1. The van der Waals surface area contributed by atoms with Crippen molar-refractivity contribution >= 4 is 28.5 Å². The number of likely N-dealkylation sites (N-methyl/N-ethyl adjacent to an activating group) is 1. The molecule has 2 aromatic rings. The summed E-state index contributed by atoms with van der Waals surface area (Å²) in [5, 5.41) is 0. The zero-order chi connectivity index (χ0) is 13.3. The second-order valence-corrected chi connectivity index (χ2v) is 4.80. The minimum absolute atomic E-state index is 0.0298. The van der Waals surface area contributed by atoms with Gasteiger partial charge in [0.2, 0.25) is 5.91 Å². The van der Waals surface area contributed by atoms with Gasteiger partial charge in [0.05, 0.1) is 16.9 Å². The van der Waals surface area contributed by atoms with Gasteiger partial charge >= 0.3 is 0 Å². The Kier molecular flexibility index (Phi) is 3.57. The van der Waals surface area contributed by atoms with E-state index < -0.39 is 0 Å². The third-order valence-electron chi connectivity index (χ3n) is 2.89. The molecule has 18 heavy (non-hydrogen) atoms. The van der Waals surface area contributed by atoms with Crippen LogP contribution in [0, 0.1) is 6.92 Å². The van der Waals surface area contributed by atoms with Gasteiger partial charge in [0.25, 0.3) is 0 Å². The summed E-state index contributed by atoms with van der Waals surface area (Å²) >= 11 is 5.90. The van der Waals surface area contributed by atoms with Gasteiger partial charge in [0.1, 0.15) is 12.4 Å². The lowest BCUT2D eigenvalue weighted by atomic mass is 10.2. The van der Waals surface area contributed by atoms with E-state index in [0.29, 0.717) is 5.88 Å². The van der Waals surface area contributed by atoms with E-state index in [-0.39, 0.29) is 12.5 Å². The Morgan fingerprint density at radius 3 is 2.78 bits per heavy atom. The number of alkyl halides is 1. The average Bonchev–Trinajstić information content (AvgIpc) is 2.67. The van der Waals surface area contributed by atoms with Crippen molar-refractivity contribution in [1.82, 2.24) is 14.5 Å². The molecule has 2 rings (SSSR count). The molecule has 0 saturated heterocycles. The number of rotatable bonds is 3. The van der Waals surface area contributed by atoms with Crippen LogP contribution in [-0.2, 0) is 17.2 Å². The number of halogens is 1. The van der Waals surface area contributed by atoms with Crippen molar-refractivity contribution in [3.63, 3.8) is 0 Å². The van der Waals surface area contributed by atoms with Crippen LogP contribution in [0.25, 0.3) is 11.0 Å². The second-order valence-electron chi connectivity index (χ2n) is 4.53. The number of benzene rings is 1. The van der Waals surface area contributed by atoms with Gasteiger partial charge in [0, 0.05) is 14.1 Å². The highest BCUT2D eigenvalue weighted by Crippen LogP contribution is 2.19. The third kappa shape index (κ3) is 2.34. The van der Waals surface area contributed by atoms with Gasteiger partial charge < -0.3 is 9.47 Å². The lowest BCUT2D eigenvalue weighted by Crippen LogP contribution is -2.26. The number of nitrogens with zero attached hydrogens (tertiary/aromatic N) is 3. The maximum absolute atomic E-state index is 11.8. The number of carbonyl (C=O) groups excluding carboxylic acids is 1. The molecular formula is C13H16ClN3O. The lowest BCUT2D eigenvalue weighted by molar-refractivity contribution is -0.129. The van der Waals surface area contributed by atoms with Gasteiger partial charge in [0.15, 0.2) is 0 Å². The van der Waals surface area contributed by atoms with Crippen LogP contribution in [0.15, 0.2) is 18.2 Å². The van der Waals surface area contributed by atoms with Crippen LogP contribution in [0.5, 0.6) is 0 Å². The zero-order valence-corrected chi connectivity index (χ0v) is 11.5. The Morgan fingerprint density at radius 2 is 2.17 bits per heavy atom. The van der Waals surface area contributed by atoms with E-state index in [9.17, 15) is 4.79 Å². The molecule has 0 aliphatic carbocycles. The minimum Gasteiger partial charge on any atom is -0.347 e. The van der Waals surface area contributed by atoms with E-state index in [1.807, 2.05) is 29.7 Å². The Balaban J connectivity index is 2.52. The molecule has 96 valence electrons. The van der Waals surface area contributed by atoms with E-state index in [1.54, 1.807) is 19.0 Å². The first kappa shape index (κ1) is 12.9. The maximum atomic E-state index is 11.8. The first-order chi connectivity index (χ1) is 8.52. The zero-order valence-electron chi connectivity index (χ0n) is 10.8. The molecular weight excluding hydrogens is 250 g/mol. The van der Waals surface area contributed by atoms with Crippen LogP contribution in [0.1, 0.15) is 11.4 Å². The van der Waals surface area contributed by atoms with Crippen LogP contribution in [0.3, 0.4) is 0 Å². The molecule has 0 atom stereocenters. The van der Waals surface area contributed by atoms with Crippen molar-refractivity contribution in [2.75, 3.05) is 14.1 Å². The molecule has 0 saturated carbocycles. The Hall–Kier alpha value is -1.55. The van der Waals surface area contributed by atoms with Gasteiger partial charge in [-0.1, -0.05) is 6.07 Å². The van der Waals surface area contributed by atoms with Gasteiger partial charge in [-0.2, -0.15) is 0 Å². The highest BCUT2D eigenvalue weighted by molar-refractivity contribution is 6.16. The van der Waals surface area contributed by atoms with Crippen molar-refractivity contribution in [3.05, 3.63) is 29.6 Å². The number of amides is 1. The molecule has 0 fully saturated rings. The predicted octanol–water partition coefficient (Wildman–Crippen LogP) is 2.17. The highest BCUT2D eigenvalue weighted by Gasteiger charge is 2.14. The quantitative estimate of drug-likeness (QED) is 0.798. The standard InChI is InChI=1S/C13H16ClN3O/c1-9-4-5-10-11(6-9)17(12(7-14)15-10)8-13(18)16(2)3/h4-6H,7-8H2,1-3H3. The molecule has 0 bridgehead atoms. The number of aryl methyl sites for hydroxylation is 1. The van der Waals surface area contributed by atoms with Crippen molar-refractivity contribution in [2.24, 2.45) is 0 Å². The van der Waals surface area contributed by atoms with Crippen LogP contribution in [0.4, 0.5) is 0 Å². The van der Waals surface area contributed by atoms with Crippen molar-refractivity contribution < 1.29 is 4.79 Å². The Labute approximate surface area is 111 Å². The fraction of sp³-hybridized carbons (Fsp3) is 0.385. The van der Waals surface area contributed by atoms with Crippen LogP contribution >= 0.6 is 11.6 Å². The van der Waals surface area contributed by atoms with E-state index in [1.165, 1.54) is 0 Å². The molecule has 1 heterocycles. The average molecular weight is 266 g/mol. The Morgan fingerprint density at radius 1 is 1.44 bits per heavy atom. The molecule has 0 spiro atoms. The van der Waals surface area contributed by atoms with Crippen molar-refractivity contribution in [3.8, 4) is 0 Å². The molecule has 5 heteroatoms. The number of hydrogen-bond acceptors (Lipinski definition) is 2. The first-order valence-electron chi connectivity index (χ1n) is 5.75. The SMILES string of the molecule is Cc1ccc2nc(CCl)n(CC(=O)N(C)C)c2c1. The molecule has 4 nitrogen and oxygen atoms in total. The third-order valence-corrected chi connectivity index (χ3v) is 3.13. The molecule has 0 unspecified atom stereocenters. The minimum atomic E-state index is 0.0298. The van der Waals surface area contributed by atoms with Crippen molar-refractivity contribution in [1.29, 1.82) is 0 Å². The second kappa shape index (κ2) is 4.98. The van der Waals surface area contributed by atoms with E-state index in [2.05, 4.69) is 4.98 Å². The summed E-state index contributed by atoms with van der Waals surface area (Å²) in [5.74, 6) is 1.06. The smallest absolute Gasteiger partial charge is 0.242 e. The molecule has 0 radical (unpaired) electrons. The number of imidazole rings is 1. The summed E-state index contributed by atoms with van der Waals surface area (Å²) in [4.78, 5) is 17.9. The number of aromatic nitrogens is 2. The van der Waals surface area contributed by atoms with E-state index >= 15 is 0 Å². The molecule has 1 aromatic heterocycles. The maximum Gasteiger partial charge on any atom is 0.242 e. The summed E-state index contributed by atoms with van der Waals surface area (Å²) in [6.45, 7) is 2.29. The summed E-state index contributed by atoms with van der Waals surface area (Å²) in [6.07, 6.45) is 0.